The Morgan fingerprint density at radius 3 is 2.56 bits per heavy atom. The summed E-state index contributed by atoms with van der Waals surface area (Å²) in [7, 11) is 0. The monoisotopic (exact) mass is 421 g/mol. The van der Waals surface area contributed by atoms with E-state index in [2.05, 4.69) is 43.8 Å². The maximum atomic E-state index is 12.1. The van der Waals surface area contributed by atoms with Crippen LogP contribution in [0.15, 0.2) is 24.3 Å². The summed E-state index contributed by atoms with van der Waals surface area (Å²) in [5.74, 6) is 0.0442. The molecule has 1 N–H and O–H groups in total. The van der Waals surface area contributed by atoms with Crippen LogP contribution in [-0.4, -0.2) is 16.8 Å². The van der Waals surface area contributed by atoms with Crippen LogP contribution in [0, 0.1) is 3.57 Å². The lowest BCUT2D eigenvalue weighted by Gasteiger charge is -2.21. The smallest absolute Gasteiger partial charge is 0.251 e. The summed E-state index contributed by atoms with van der Waals surface area (Å²) in [6.07, 6.45) is 5.97. The quantitative estimate of drug-likeness (QED) is 0.434. The number of benzene rings is 1. The van der Waals surface area contributed by atoms with Gasteiger partial charge in [-0.1, -0.05) is 35.2 Å². The Hall–Kier alpha value is -0.100. The second kappa shape index (κ2) is 6.89. The van der Waals surface area contributed by atoms with Crippen LogP contribution in [0.2, 0.25) is 0 Å². The Kier molecular flexibility index (Phi) is 5.48. The van der Waals surface area contributed by atoms with E-state index in [4.69, 9.17) is 0 Å². The average molecular weight is 422 g/mol. The van der Waals surface area contributed by atoms with E-state index in [1.807, 2.05) is 24.3 Å². The minimum absolute atomic E-state index is 0.0442. The molecule has 1 aromatic rings. The number of alkyl halides is 1. The third-order valence-electron chi connectivity index (χ3n) is 3.35. The number of hydrogen-bond donors (Lipinski definition) is 1. The average Bonchev–Trinajstić information content (AvgIpc) is 2.56. The van der Waals surface area contributed by atoms with Gasteiger partial charge in [-0.15, -0.1) is 0 Å². The van der Waals surface area contributed by atoms with E-state index in [0.717, 1.165) is 22.0 Å². The van der Waals surface area contributed by atoms with Gasteiger partial charge in [-0.25, -0.2) is 0 Å². The molecule has 1 fully saturated rings. The maximum absolute atomic E-state index is 12.1. The van der Waals surface area contributed by atoms with Crippen LogP contribution < -0.4 is 5.32 Å². The molecule has 4 heteroatoms. The van der Waals surface area contributed by atoms with E-state index in [1.165, 1.54) is 19.3 Å². The fourth-order valence-electron chi connectivity index (χ4n) is 2.28. The Morgan fingerprint density at radius 1 is 1.17 bits per heavy atom. The molecule has 98 valence electrons. The second-order valence-electron chi connectivity index (χ2n) is 4.74. The molecule has 0 saturated heterocycles. The zero-order valence-electron chi connectivity index (χ0n) is 10.2. The first kappa shape index (κ1) is 14.3. The lowest BCUT2D eigenvalue weighted by atomic mass is 10.1. The van der Waals surface area contributed by atoms with Crippen molar-refractivity contribution in [3.63, 3.8) is 0 Å². The van der Waals surface area contributed by atoms with Gasteiger partial charge in [-0.3, -0.25) is 4.79 Å². The lowest BCUT2D eigenvalue weighted by Crippen LogP contribution is -2.40. The first-order valence-corrected chi connectivity index (χ1v) is 8.37. The Balaban J connectivity index is 1.99. The predicted octanol–water partition coefficient (Wildman–Crippen LogP) is 4.12. The maximum Gasteiger partial charge on any atom is 0.251 e. The van der Waals surface area contributed by atoms with Crippen LogP contribution >= 0.6 is 38.5 Å². The lowest BCUT2D eigenvalue weighted by molar-refractivity contribution is 0.0935. The summed E-state index contributed by atoms with van der Waals surface area (Å²) in [6, 6.07) is 7.97. The van der Waals surface area contributed by atoms with E-state index >= 15 is 0 Å². The highest BCUT2D eigenvalue weighted by molar-refractivity contribution is 14.1. The molecule has 0 radical (unpaired) electrons. The minimum atomic E-state index is 0.0442. The molecule has 1 saturated carbocycles. The third kappa shape index (κ3) is 3.95. The van der Waals surface area contributed by atoms with Crippen LogP contribution in [-0.2, 0) is 0 Å². The number of hydrogen-bond acceptors (Lipinski definition) is 1. The van der Waals surface area contributed by atoms with Gasteiger partial charge in [0.2, 0.25) is 0 Å². The van der Waals surface area contributed by atoms with Gasteiger partial charge in [-0.05, 0) is 59.7 Å². The number of carbonyl (C=O) groups is 1. The minimum Gasteiger partial charge on any atom is -0.348 e. The molecular formula is C14H17BrINO. The topological polar surface area (TPSA) is 29.1 Å². The van der Waals surface area contributed by atoms with E-state index in [0.29, 0.717) is 4.83 Å². The van der Waals surface area contributed by atoms with Crippen LogP contribution in [0.5, 0.6) is 0 Å². The van der Waals surface area contributed by atoms with Crippen molar-refractivity contribution in [2.75, 3.05) is 0 Å². The third-order valence-corrected chi connectivity index (χ3v) is 5.17. The van der Waals surface area contributed by atoms with Crippen molar-refractivity contribution in [1.82, 2.24) is 5.32 Å². The van der Waals surface area contributed by atoms with Crippen LogP contribution in [0.3, 0.4) is 0 Å². The molecule has 1 amide bonds. The van der Waals surface area contributed by atoms with Gasteiger partial charge >= 0.3 is 0 Å². The number of halogens is 2. The molecule has 2 unspecified atom stereocenters. The van der Waals surface area contributed by atoms with Crippen LogP contribution in [0.4, 0.5) is 0 Å². The van der Waals surface area contributed by atoms with E-state index in [1.54, 1.807) is 0 Å². The molecule has 0 aliphatic heterocycles. The van der Waals surface area contributed by atoms with Crippen molar-refractivity contribution in [2.45, 2.75) is 43.0 Å². The summed E-state index contributed by atoms with van der Waals surface area (Å²) in [5.41, 5.74) is 0.749. The first-order chi connectivity index (χ1) is 8.66. The van der Waals surface area contributed by atoms with Gasteiger partial charge in [0.05, 0.1) is 0 Å². The summed E-state index contributed by atoms with van der Waals surface area (Å²) in [6.45, 7) is 0. The van der Waals surface area contributed by atoms with Gasteiger partial charge in [-0.2, -0.15) is 0 Å². The highest BCUT2D eigenvalue weighted by Gasteiger charge is 2.23. The van der Waals surface area contributed by atoms with Crippen molar-refractivity contribution in [1.29, 1.82) is 0 Å². The number of nitrogens with one attached hydrogen (secondary N) is 1. The molecule has 2 atom stereocenters. The second-order valence-corrected chi connectivity index (χ2v) is 7.16. The fraction of sp³-hybridized carbons (Fsp3) is 0.500. The molecule has 0 spiro atoms. The zero-order valence-corrected chi connectivity index (χ0v) is 13.9. The molecule has 0 aromatic heterocycles. The molecule has 1 aliphatic rings. The Labute approximate surface area is 130 Å². The first-order valence-electron chi connectivity index (χ1n) is 6.37. The van der Waals surface area contributed by atoms with Crippen LogP contribution in [0.1, 0.15) is 42.5 Å². The largest absolute Gasteiger partial charge is 0.348 e. The molecule has 2 nitrogen and oxygen atoms in total. The molecular weight excluding hydrogens is 405 g/mol. The summed E-state index contributed by atoms with van der Waals surface area (Å²) >= 11 is 5.95. The van der Waals surface area contributed by atoms with Crippen molar-refractivity contribution < 1.29 is 4.79 Å². The molecule has 1 aromatic carbocycles. The molecule has 0 bridgehead atoms. The predicted molar refractivity (Wildman–Crippen MR) is 86.2 cm³/mol. The van der Waals surface area contributed by atoms with E-state index < -0.39 is 0 Å². The number of amides is 1. The molecule has 2 rings (SSSR count). The van der Waals surface area contributed by atoms with Crippen LogP contribution in [0.25, 0.3) is 0 Å². The van der Waals surface area contributed by atoms with Crippen molar-refractivity contribution in [3.05, 3.63) is 33.4 Å². The summed E-state index contributed by atoms with van der Waals surface area (Å²) in [5, 5.41) is 3.16. The van der Waals surface area contributed by atoms with Crippen molar-refractivity contribution in [3.8, 4) is 0 Å². The molecule has 18 heavy (non-hydrogen) atoms. The van der Waals surface area contributed by atoms with Gasteiger partial charge < -0.3 is 5.32 Å². The Bertz CT molecular complexity index is 407. The van der Waals surface area contributed by atoms with Gasteiger partial charge in [0.15, 0.2) is 0 Å². The fourth-order valence-corrected chi connectivity index (χ4v) is 3.36. The van der Waals surface area contributed by atoms with Crippen molar-refractivity contribution in [2.24, 2.45) is 0 Å². The highest BCUT2D eigenvalue weighted by Crippen LogP contribution is 2.24. The molecule has 0 heterocycles. The van der Waals surface area contributed by atoms with Gasteiger partial charge in [0, 0.05) is 20.0 Å². The van der Waals surface area contributed by atoms with Gasteiger partial charge in [0.1, 0.15) is 0 Å². The highest BCUT2D eigenvalue weighted by atomic mass is 127. The summed E-state index contributed by atoms with van der Waals surface area (Å²) in [4.78, 5) is 12.6. The van der Waals surface area contributed by atoms with E-state index in [9.17, 15) is 4.79 Å². The standard InChI is InChI=1S/C14H17BrINO/c15-12-4-2-1-3-5-13(12)17-14(18)10-6-8-11(16)9-7-10/h6-9,12-13H,1-5H2,(H,17,18). The normalized spacial score (nSPS) is 24.3. The number of rotatable bonds is 2. The molecule has 1 aliphatic carbocycles. The van der Waals surface area contributed by atoms with E-state index in [-0.39, 0.29) is 11.9 Å². The number of carbonyl (C=O) groups excluding carboxylic acids is 1. The summed E-state index contributed by atoms with van der Waals surface area (Å²) < 4.78 is 1.15. The zero-order chi connectivity index (χ0) is 13.0. The SMILES string of the molecule is O=C(NC1CCCCCC1Br)c1ccc(I)cc1. The Morgan fingerprint density at radius 2 is 1.83 bits per heavy atom. The van der Waals surface area contributed by atoms with Crippen molar-refractivity contribution >= 4 is 44.4 Å². The van der Waals surface area contributed by atoms with Gasteiger partial charge in [0.25, 0.3) is 5.91 Å².